The van der Waals surface area contributed by atoms with E-state index in [1.54, 1.807) is 0 Å². The number of rotatable bonds is 13. The second-order valence-corrected chi connectivity index (χ2v) is 9.23. The summed E-state index contributed by atoms with van der Waals surface area (Å²) in [5.41, 5.74) is 5.23. The van der Waals surface area contributed by atoms with Crippen LogP contribution >= 0.6 is 11.8 Å². The van der Waals surface area contributed by atoms with Crippen molar-refractivity contribution < 1.29 is 0 Å². The Balaban J connectivity index is 1.77. The summed E-state index contributed by atoms with van der Waals surface area (Å²) in [5, 5.41) is 0. The van der Waals surface area contributed by atoms with E-state index in [1.165, 1.54) is 84.3 Å². The summed E-state index contributed by atoms with van der Waals surface area (Å²) in [7, 11) is 0. The van der Waals surface area contributed by atoms with E-state index in [2.05, 4.69) is 97.9 Å². The van der Waals surface area contributed by atoms with Gasteiger partial charge in [-0.05, 0) is 28.9 Å². The third kappa shape index (κ3) is 7.74. The zero-order valence-electron chi connectivity index (χ0n) is 18.9. The van der Waals surface area contributed by atoms with Crippen LogP contribution in [-0.2, 0) is 0 Å². The molecule has 0 N–H and O–H groups in total. The van der Waals surface area contributed by atoms with Gasteiger partial charge in [-0.1, -0.05) is 143 Å². The molecule has 0 amide bonds. The molecule has 0 nitrogen and oxygen atoms in total. The highest BCUT2D eigenvalue weighted by atomic mass is 32.2. The quantitative estimate of drug-likeness (QED) is 0.193. The van der Waals surface area contributed by atoms with Crippen LogP contribution in [0.5, 0.6) is 0 Å². The summed E-state index contributed by atoms with van der Waals surface area (Å²) in [6.07, 6.45) is 10.9. The molecule has 0 fully saturated rings. The topological polar surface area (TPSA) is 0 Å². The Hall–Kier alpha value is -2.25. The van der Waals surface area contributed by atoms with Gasteiger partial charge in [-0.2, -0.15) is 0 Å². The van der Waals surface area contributed by atoms with Crippen LogP contribution in [0.4, 0.5) is 0 Å². The van der Waals surface area contributed by atoms with Crippen LogP contribution in [0, 0.1) is 0 Å². The van der Waals surface area contributed by atoms with Crippen LogP contribution in [0.25, 0.3) is 10.5 Å². The van der Waals surface area contributed by atoms with Crippen LogP contribution < -0.4 is 0 Å². The predicted molar refractivity (Wildman–Crippen MR) is 140 cm³/mol. The van der Waals surface area contributed by atoms with Crippen LogP contribution in [0.3, 0.4) is 0 Å². The van der Waals surface area contributed by atoms with Crippen molar-refractivity contribution in [3.05, 3.63) is 108 Å². The normalized spacial score (nSPS) is 10.7. The summed E-state index contributed by atoms with van der Waals surface area (Å²) in [5.74, 6) is 1.17. The van der Waals surface area contributed by atoms with Crippen LogP contribution in [0.1, 0.15) is 75.0 Å². The smallest absolute Gasteiger partial charge is 0.0229 e. The van der Waals surface area contributed by atoms with Crippen molar-refractivity contribution in [3.63, 3.8) is 0 Å². The van der Waals surface area contributed by atoms with Crippen molar-refractivity contribution in [1.82, 2.24) is 0 Å². The highest BCUT2D eigenvalue weighted by Crippen LogP contribution is 2.39. The Morgan fingerprint density at radius 2 is 0.935 bits per heavy atom. The molecule has 0 aliphatic heterocycles. The van der Waals surface area contributed by atoms with Crippen molar-refractivity contribution >= 4 is 22.2 Å². The molecule has 0 aliphatic rings. The number of hydrogen-bond acceptors (Lipinski definition) is 1. The molecule has 3 rings (SSSR count). The maximum atomic E-state index is 2.29. The summed E-state index contributed by atoms with van der Waals surface area (Å²) in [4.78, 5) is 1.39. The molecule has 162 valence electrons. The SMILES string of the molecule is CCCCCCCCCCSC(=C(c1ccccc1)c1ccccc1)c1ccccc1. The molecule has 1 heteroatoms. The van der Waals surface area contributed by atoms with Gasteiger partial charge in [-0.25, -0.2) is 0 Å². The van der Waals surface area contributed by atoms with Gasteiger partial charge < -0.3 is 0 Å². The molecule has 0 saturated carbocycles. The van der Waals surface area contributed by atoms with Crippen molar-refractivity contribution in [3.8, 4) is 0 Å². The number of benzene rings is 3. The van der Waals surface area contributed by atoms with Crippen molar-refractivity contribution in [2.45, 2.75) is 58.3 Å². The third-order valence-corrected chi connectivity index (χ3v) is 6.85. The van der Waals surface area contributed by atoms with Gasteiger partial charge in [0, 0.05) is 10.5 Å². The van der Waals surface area contributed by atoms with Crippen molar-refractivity contribution in [1.29, 1.82) is 0 Å². The summed E-state index contributed by atoms with van der Waals surface area (Å²) in [6.45, 7) is 2.29. The zero-order valence-corrected chi connectivity index (χ0v) is 19.7. The lowest BCUT2D eigenvalue weighted by molar-refractivity contribution is 0.586. The molecule has 0 heterocycles. The van der Waals surface area contributed by atoms with Gasteiger partial charge in [-0.15, -0.1) is 11.8 Å². The largest absolute Gasteiger partial charge is 0.125 e. The molecule has 3 aromatic carbocycles. The fourth-order valence-corrected chi connectivity index (χ4v) is 5.17. The highest BCUT2D eigenvalue weighted by Gasteiger charge is 2.14. The highest BCUT2D eigenvalue weighted by molar-refractivity contribution is 8.08. The van der Waals surface area contributed by atoms with Crippen LogP contribution in [0.15, 0.2) is 91.0 Å². The minimum absolute atomic E-state index is 1.17. The molecule has 0 aromatic heterocycles. The average molecular weight is 429 g/mol. The Morgan fingerprint density at radius 3 is 1.42 bits per heavy atom. The maximum Gasteiger partial charge on any atom is 0.0229 e. The molecule has 0 saturated heterocycles. The Kier molecular flexibility index (Phi) is 10.5. The minimum Gasteiger partial charge on any atom is -0.125 e. The van der Waals surface area contributed by atoms with Crippen molar-refractivity contribution in [2.75, 3.05) is 5.75 Å². The second-order valence-electron chi connectivity index (χ2n) is 8.13. The Bertz CT molecular complexity index is 840. The number of thioether (sulfide) groups is 1. The second kappa shape index (κ2) is 13.9. The maximum absolute atomic E-state index is 2.29. The first-order valence-electron chi connectivity index (χ1n) is 11.9. The molecular weight excluding hydrogens is 392 g/mol. The monoisotopic (exact) mass is 428 g/mol. The van der Waals surface area contributed by atoms with E-state index in [4.69, 9.17) is 0 Å². The molecule has 0 spiro atoms. The van der Waals surface area contributed by atoms with E-state index in [0.29, 0.717) is 0 Å². The molecular formula is C30H36S. The third-order valence-electron chi connectivity index (χ3n) is 5.63. The van der Waals surface area contributed by atoms with E-state index >= 15 is 0 Å². The van der Waals surface area contributed by atoms with E-state index < -0.39 is 0 Å². The first-order valence-corrected chi connectivity index (χ1v) is 12.9. The molecule has 0 aliphatic carbocycles. The summed E-state index contributed by atoms with van der Waals surface area (Å²) >= 11 is 2.02. The lowest BCUT2D eigenvalue weighted by atomic mass is 9.95. The standard InChI is InChI=1S/C30H36S/c1-2-3-4-5-6-7-8-18-25-31-30(28-23-16-11-17-24-28)29(26-19-12-9-13-20-26)27-21-14-10-15-22-27/h9-17,19-24H,2-8,18,25H2,1H3. The van der Waals surface area contributed by atoms with E-state index in [-0.39, 0.29) is 0 Å². The molecule has 0 bridgehead atoms. The minimum atomic E-state index is 1.17. The van der Waals surface area contributed by atoms with Gasteiger partial charge in [0.25, 0.3) is 0 Å². The first-order chi connectivity index (χ1) is 15.4. The fraction of sp³-hybridized carbons (Fsp3) is 0.333. The molecule has 31 heavy (non-hydrogen) atoms. The molecule has 0 atom stereocenters. The molecule has 0 radical (unpaired) electrons. The molecule has 0 unspecified atom stereocenters. The fourth-order valence-electron chi connectivity index (χ4n) is 3.94. The lowest BCUT2D eigenvalue weighted by Crippen LogP contribution is -1.94. The predicted octanol–water partition coefficient (Wildman–Crippen LogP) is 9.48. The average Bonchev–Trinajstić information content (AvgIpc) is 2.84. The van der Waals surface area contributed by atoms with Crippen molar-refractivity contribution in [2.24, 2.45) is 0 Å². The van der Waals surface area contributed by atoms with Crippen LogP contribution in [-0.4, -0.2) is 5.75 Å². The van der Waals surface area contributed by atoms with E-state index in [1.807, 2.05) is 11.8 Å². The Morgan fingerprint density at radius 1 is 0.516 bits per heavy atom. The van der Waals surface area contributed by atoms with Gasteiger partial charge in [0.1, 0.15) is 0 Å². The number of unbranched alkanes of at least 4 members (excludes halogenated alkanes) is 7. The van der Waals surface area contributed by atoms with Gasteiger partial charge in [0.2, 0.25) is 0 Å². The Labute approximate surface area is 193 Å². The van der Waals surface area contributed by atoms with E-state index in [9.17, 15) is 0 Å². The summed E-state index contributed by atoms with van der Waals surface area (Å²) in [6, 6.07) is 32.6. The molecule has 3 aromatic rings. The zero-order chi connectivity index (χ0) is 21.6. The van der Waals surface area contributed by atoms with Gasteiger partial charge in [0.05, 0.1) is 0 Å². The first kappa shape index (κ1) is 23.4. The van der Waals surface area contributed by atoms with Crippen LogP contribution in [0.2, 0.25) is 0 Å². The lowest BCUT2D eigenvalue weighted by Gasteiger charge is -2.17. The van der Waals surface area contributed by atoms with Gasteiger partial charge in [-0.3, -0.25) is 0 Å². The number of hydrogen-bond donors (Lipinski definition) is 0. The van der Waals surface area contributed by atoms with E-state index in [0.717, 1.165) is 0 Å². The van der Waals surface area contributed by atoms with Gasteiger partial charge >= 0.3 is 0 Å². The summed E-state index contributed by atoms with van der Waals surface area (Å²) < 4.78 is 0. The van der Waals surface area contributed by atoms with Gasteiger partial charge in [0.15, 0.2) is 0 Å².